The third kappa shape index (κ3) is 2.90. The summed E-state index contributed by atoms with van der Waals surface area (Å²) in [5, 5.41) is 3.64. The van der Waals surface area contributed by atoms with Gasteiger partial charge in [-0.3, -0.25) is 0 Å². The van der Waals surface area contributed by atoms with E-state index in [0.717, 1.165) is 12.5 Å². The third-order valence-electron chi connectivity index (χ3n) is 3.94. The summed E-state index contributed by atoms with van der Waals surface area (Å²) in [6.07, 6.45) is 6.69. The van der Waals surface area contributed by atoms with Gasteiger partial charge in [-0.2, -0.15) is 0 Å². The first-order chi connectivity index (χ1) is 8.36. The molecule has 1 aromatic carbocycles. The van der Waals surface area contributed by atoms with Gasteiger partial charge in [-0.15, -0.1) is 0 Å². The van der Waals surface area contributed by atoms with E-state index in [0.29, 0.717) is 6.04 Å². The SMILES string of the molecule is CCCC(NCC)c1ccccc1C1CCC1. The predicted molar refractivity (Wildman–Crippen MR) is 74.4 cm³/mol. The zero-order valence-electron chi connectivity index (χ0n) is 11.2. The molecule has 1 N–H and O–H groups in total. The zero-order chi connectivity index (χ0) is 12.1. The first-order valence-corrected chi connectivity index (χ1v) is 7.19. The lowest BCUT2D eigenvalue weighted by Gasteiger charge is -2.30. The van der Waals surface area contributed by atoms with Crippen molar-refractivity contribution in [2.24, 2.45) is 0 Å². The number of rotatable bonds is 6. The van der Waals surface area contributed by atoms with Crippen molar-refractivity contribution in [2.75, 3.05) is 6.54 Å². The normalized spacial score (nSPS) is 17.8. The highest BCUT2D eigenvalue weighted by molar-refractivity contribution is 5.34. The Hall–Kier alpha value is -0.820. The second kappa shape index (κ2) is 6.20. The molecule has 1 heteroatoms. The monoisotopic (exact) mass is 231 g/mol. The van der Waals surface area contributed by atoms with Gasteiger partial charge in [0, 0.05) is 6.04 Å². The van der Waals surface area contributed by atoms with Crippen molar-refractivity contribution in [1.82, 2.24) is 5.32 Å². The molecule has 2 rings (SSSR count). The van der Waals surface area contributed by atoms with Gasteiger partial charge in [0.15, 0.2) is 0 Å². The van der Waals surface area contributed by atoms with Crippen LogP contribution in [0.2, 0.25) is 0 Å². The van der Waals surface area contributed by atoms with Crippen LogP contribution in [0.1, 0.15) is 69.0 Å². The van der Waals surface area contributed by atoms with Gasteiger partial charge in [-0.25, -0.2) is 0 Å². The summed E-state index contributed by atoms with van der Waals surface area (Å²) in [4.78, 5) is 0. The van der Waals surface area contributed by atoms with E-state index in [1.165, 1.54) is 32.1 Å². The van der Waals surface area contributed by atoms with Crippen LogP contribution in [0.5, 0.6) is 0 Å². The molecule has 1 aliphatic rings. The van der Waals surface area contributed by atoms with Crippen molar-refractivity contribution in [3.8, 4) is 0 Å². The highest BCUT2D eigenvalue weighted by Crippen LogP contribution is 2.40. The van der Waals surface area contributed by atoms with Gasteiger partial charge in [-0.05, 0) is 42.9 Å². The Balaban J connectivity index is 2.21. The number of hydrogen-bond acceptors (Lipinski definition) is 1. The quantitative estimate of drug-likeness (QED) is 0.765. The summed E-state index contributed by atoms with van der Waals surface area (Å²) in [5.41, 5.74) is 3.17. The summed E-state index contributed by atoms with van der Waals surface area (Å²) in [6.45, 7) is 5.54. The van der Waals surface area contributed by atoms with Gasteiger partial charge in [0.1, 0.15) is 0 Å². The molecule has 17 heavy (non-hydrogen) atoms. The van der Waals surface area contributed by atoms with Gasteiger partial charge in [-0.1, -0.05) is 51.0 Å². The first kappa shape index (κ1) is 12.6. The molecule has 0 bridgehead atoms. The molecule has 1 aliphatic carbocycles. The lowest BCUT2D eigenvalue weighted by Crippen LogP contribution is -2.23. The molecule has 0 saturated heterocycles. The lowest BCUT2D eigenvalue weighted by atomic mass is 9.77. The van der Waals surface area contributed by atoms with Crippen LogP contribution >= 0.6 is 0 Å². The molecule has 0 aromatic heterocycles. The van der Waals surface area contributed by atoms with Crippen molar-refractivity contribution in [1.29, 1.82) is 0 Å². The molecule has 1 unspecified atom stereocenters. The van der Waals surface area contributed by atoms with E-state index in [1.807, 2.05) is 0 Å². The van der Waals surface area contributed by atoms with Crippen molar-refractivity contribution >= 4 is 0 Å². The van der Waals surface area contributed by atoms with E-state index < -0.39 is 0 Å². The Morgan fingerprint density at radius 2 is 2.00 bits per heavy atom. The molecular weight excluding hydrogens is 206 g/mol. The molecule has 0 aliphatic heterocycles. The van der Waals surface area contributed by atoms with Gasteiger partial charge < -0.3 is 5.32 Å². The Morgan fingerprint density at radius 3 is 2.59 bits per heavy atom. The summed E-state index contributed by atoms with van der Waals surface area (Å²) >= 11 is 0. The Kier molecular flexibility index (Phi) is 4.61. The zero-order valence-corrected chi connectivity index (χ0v) is 11.2. The molecule has 1 aromatic rings. The largest absolute Gasteiger partial charge is 0.310 e. The van der Waals surface area contributed by atoms with Crippen molar-refractivity contribution in [2.45, 2.75) is 57.9 Å². The lowest BCUT2D eigenvalue weighted by molar-refractivity contribution is 0.409. The van der Waals surface area contributed by atoms with Crippen molar-refractivity contribution < 1.29 is 0 Å². The van der Waals surface area contributed by atoms with Gasteiger partial charge >= 0.3 is 0 Å². The van der Waals surface area contributed by atoms with Crippen LogP contribution in [0, 0.1) is 0 Å². The number of nitrogens with one attached hydrogen (secondary N) is 1. The Bertz CT molecular complexity index is 335. The summed E-state index contributed by atoms with van der Waals surface area (Å²) in [6, 6.07) is 9.63. The van der Waals surface area contributed by atoms with Crippen molar-refractivity contribution in [3.05, 3.63) is 35.4 Å². The highest BCUT2D eigenvalue weighted by Gasteiger charge is 2.24. The van der Waals surface area contributed by atoms with Crippen LogP contribution in [0.15, 0.2) is 24.3 Å². The summed E-state index contributed by atoms with van der Waals surface area (Å²) in [5.74, 6) is 0.837. The van der Waals surface area contributed by atoms with E-state index in [1.54, 1.807) is 11.1 Å². The fourth-order valence-electron chi connectivity index (χ4n) is 2.82. The fraction of sp³-hybridized carbons (Fsp3) is 0.625. The topological polar surface area (TPSA) is 12.0 Å². The third-order valence-corrected chi connectivity index (χ3v) is 3.94. The highest BCUT2D eigenvalue weighted by atomic mass is 14.9. The van der Waals surface area contributed by atoms with Gasteiger partial charge in [0.2, 0.25) is 0 Å². The molecule has 1 nitrogen and oxygen atoms in total. The maximum atomic E-state index is 3.64. The molecule has 0 spiro atoms. The van der Waals surface area contributed by atoms with Gasteiger partial charge in [0.25, 0.3) is 0 Å². The maximum absolute atomic E-state index is 3.64. The van der Waals surface area contributed by atoms with E-state index in [-0.39, 0.29) is 0 Å². The fourth-order valence-corrected chi connectivity index (χ4v) is 2.82. The van der Waals surface area contributed by atoms with Crippen LogP contribution in [-0.2, 0) is 0 Å². The minimum atomic E-state index is 0.557. The van der Waals surface area contributed by atoms with E-state index in [9.17, 15) is 0 Å². The van der Waals surface area contributed by atoms with Crippen molar-refractivity contribution in [3.63, 3.8) is 0 Å². The second-order valence-corrected chi connectivity index (χ2v) is 5.16. The average molecular weight is 231 g/mol. The molecule has 0 radical (unpaired) electrons. The predicted octanol–water partition coefficient (Wildman–Crippen LogP) is 4.40. The van der Waals surface area contributed by atoms with E-state index in [2.05, 4.69) is 43.4 Å². The van der Waals surface area contributed by atoms with Crippen LogP contribution in [0.4, 0.5) is 0 Å². The summed E-state index contributed by atoms with van der Waals surface area (Å²) in [7, 11) is 0. The van der Waals surface area contributed by atoms with Gasteiger partial charge in [0.05, 0.1) is 0 Å². The molecule has 0 heterocycles. The molecule has 94 valence electrons. The molecule has 1 fully saturated rings. The van der Waals surface area contributed by atoms with Crippen LogP contribution in [0.3, 0.4) is 0 Å². The smallest absolute Gasteiger partial charge is 0.0322 e. The molecule has 1 atom stereocenters. The van der Waals surface area contributed by atoms with E-state index >= 15 is 0 Å². The Labute approximate surface area is 106 Å². The number of hydrogen-bond donors (Lipinski definition) is 1. The molecule has 1 saturated carbocycles. The summed E-state index contributed by atoms with van der Waals surface area (Å²) < 4.78 is 0. The standard InChI is InChI=1S/C16H25N/c1-3-8-16(17-4-2)15-12-6-5-11-14(15)13-9-7-10-13/h5-6,11-13,16-17H,3-4,7-10H2,1-2H3. The van der Waals surface area contributed by atoms with E-state index in [4.69, 9.17) is 0 Å². The first-order valence-electron chi connectivity index (χ1n) is 7.19. The molecular formula is C16H25N. The molecule has 0 amide bonds. The maximum Gasteiger partial charge on any atom is 0.0322 e. The van der Waals surface area contributed by atoms with Crippen LogP contribution in [-0.4, -0.2) is 6.54 Å². The minimum Gasteiger partial charge on any atom is -0.310 e. The Morgan fingerprint density at radius 1 is 1.24 bits per heavy atom. The van der Waals surface area contributed by atoms with Crippen LogP contribution in [0.25, 0.3) is 0 Å². The minimum absolute atomic E-state index is 0.557. The number of benzene rings is 1. The second-order valence-electron chi connectivity index (χ2n) is 5.16. The average Bonchev–Trinajstić information content (AvgIpc) is 2.27. The van der Waals surface area contributed by atoms with Crippen LogP contribution < -0.4 is 5.32 Å².